The van der Waals surface area contributed by atoms with Crippen LogP contribution in [-0.2, 0) is 6.54 Å². The van der Waals surface area contributed by atoms with Crippen molar-refractivity contribution in [3.05, 3.63) is 46.0 Å². The fourth-order valence-corrected chi connectivity index (χ4v) is 2.41. The maximum Gasteiger partial charge on any atom is 0.296 e. The maximum absolute atomic E-state index is 11.3. The third-order valence-electron chi connectivity index (χ3n) is 3.62. The number of rotatable bonds is 6. The molecule has 1 heterocycles. The van der Waals surface area contributed by atoms with Crippen molar-refractivity contribution in [2.75, 3.05) is 26.3 Å². The van der Waals surface area contributed by atoms with E-state index in [1.165, 1.54) is 20.3 Å². The lowest BCUT2D eigenvalue weighted by molar-refractivity contribution is -0.384. The molecule has 0 radical (unpaired) electrons. The van der Waals surface area contributed by atoms with Crippen LogP contribution in [0.1, 0.15) is 5.56 Å². The predicted molar refractivity (Wildman–Crippen MR) is 86.1 cm³/mol. The van der Waals surface area contributed by atoms with Crippen LogP contribution in [0.2, 0.25) is 0 Å². The number of benzene rings is 2. The molecule has 0 saturated carbocycles. The van der Waals surface area contributed by atoms with E-state index in [-0.39, 0.29) is 12.5 Å². The van der Waals surface area contributed by atoms with Gasteiger partial charge in [0.15, 0.2) is 23.0 Å². The summed E-state index contributed by atoms with van der Waals surface area (Å²) in [5, 5.41) is 14.3. The molecule has 0 bridgehead atoms. The van der Waals surface area contributed by atoms with Crippen LogP contribution < -0.4 is 24.3 Å². The van der Waals surface area contributed by atoms with Gasteiger partial charge in [-0.2, -0.15) is 0 Å². The standard InChI is InChI=1S/C16H16N2O6/c1-21-14-6-11(12(18(19)20)7-15(14)22-2)17-8-10-3-4-13-16(5-10)24-9-23-13/h3-7,17H,8-9H2,1-2H3. The molecule has 126 valence electrons. The van der Waals surface area contributed by atoms with Crippen molar-refractivity contribution < 1.29 is 23.9 Å². The van der Waals surface area contributed by atoms with Gasteiger partial charge in [-0.05, 0) is 17.7 Å². The van der Waals surface area contributed by atoms with E-state index >= 15 is 0 Å². The van der Waals surface area contributed by atoms with Crippen molar-refractivity contribution in [3.63, 3.8) is 0 Å². The van der Waals surface area contributed by atoms with Gasteiger partial charge in [0.2, 0.25) is 6.79 Å². The fourth-order valence-electron chi connectivity index (χ4n) is 2.41. The molecule has 1 N–H and O–H groups in total. The predicted octanol–water partition coefficient (Wildman–Crippen LogP) is 2.95. The number of nitrogens with zero attached hydrogens (tertiary/aromatic N) is 1. The Balaban J connectivity index is 1.84. The quantitative estimate of drug-likeness (QED) is 0.642. The highest BCUT2D eigenvalue weighted by molar-refractivity contribution is 5.68. The lowest BCUT2D eigenvalue weighted by Gasteiger charge is -2.12. The Kier molecular flexibility index (Phi) is 4.28. The van der Waals surface area contributed by atoms with E-state index in [4.69, 9.17) is 18.9 Å². The summed E-state index contributed by atoms with van der Waals surface area (Å²) in [6, 6.07) is 8.39. The fraction of sp³-hybridized carbons (Fsp3) is 0.250. The number of hydrogen-bond donors (Lipinski definition) is 1. The normalized spacial score (nSPS) is 11.9. The first-order valence-corrected chi connectivity index (χ1v) is 7.15. The van der Waals surface area contributed by atoms with Gasteiger partial charge in [-0.3, -0.25) is 10.1 Å². The zero-order valence-electron chi connectivity index (χ0n) is 13.2. The van der Waals surface area contributed by atoms with Gasteiger partial charge in [-0.1, -0.05) is 6.07 Å². The zero-order valence-corrected chi connectivity index (χ0v) is 13.2. The van der Waals surface area contributed by atoms with Crippen LogP contribution in [0.3, 0.4) is 0 Å². The molecular weight excluding hydrogens is 316 g/mol. The minimum absolute atomic E-state index is 0.0895. The van der Waals surface area contributed by atoms with Gasteiger partial charge < -0.3 is 24.3 Å². The van der Waals surface area contributed by atoms with Crippen molar-refractivity contribution in [3.8, 4) is 23.0 Å². The summed E-state index contributed by atoms with van der Waals surface area (Å²) in [6.07, 6.45) is 0. The van der Waals surface area contributed by atoms with Crippen LogP contribution in [-0.4, -0.2) is 25.9 Å². The van der Waals surface area contributed by atoms with Crippen LogP contribution in [0.5, 0.6) is 23.0 Å². The van der Waals surface area contributed by atoms with Gasteiger partial charge in [0.1, 0.15) is 5.69 Å². The average Bonchev–Trinajstić information content (AvgIpc) is 3.06. The molecule has 0 aromatic heterocycles. The number of methoxy groups -OCH3 is 2. The monoisotopic (exact) mass is 332 g/mol. The number of fused-ring (bicyclic) bond motifs is 1. The average molecular weight is 332 g/mol. The molecule has 0 atom stereocenters. The van der Waals surface area contributed by atoms with E-state index in [1.807, 2.05) is 18.2 Å². The Labute approximate surface area is 138 Å². The molecule has 3 rings (SSSR count). The molecule has 0 spiro atoms. The molecule has 1 aliphatic rings. The highest BCUT2D eigenvalue weighted by Crippen LogP contribution is 2.38. The summed E-state index contributed by atoms with van der Waals surface area (Å²) in [5.74, 6) is 2.07. The van der Waals surface area contributed by atoms with Crippen LogP contribution >= 0.6 is 0 Å². The summed E-state index contributed by atoms with van der Waals surface area (Å²) >= 11 is 0. The van der Waals surface area contributed by atoms with Gasteiger partial charge in [-0.25, -0.2) is 0 Å². The highest BCUT2D eigenvalue weighted by Gasteiger charge is 2.20. The summed E-state index contributed by atoms with van der Waals surface area (Å²) < 4.78 is 20.9. The minimum atomic E-state index is -0.468. The molecule has 1 aliphatic heterocycles. The molecule has 24 heavy (non-hydrogen) atoms. The van der Waals surface area contributed by atoms with E-state index in [9.17, 15) is 10.1 Å². The lowest BCUT2D eigenvalue weighted by Crippen LogP contribution is -2.04. The molecule has 2 aromatic carbocycles. The molecule has 2 aromatic rings. The van der Waals surface area contributed by atoms with Crippen LogP contribution in [0, 0.1) is 10.1 Å². The number of ether oxygens (including phenoxy) is 4. The SMILES string of the molecule is COc1cc(NCc2ccc3c(c2)OCO3)c([N+](=O)[O-])cc1OC. The van der Waals surface area contributed by atoms with Crippen LogP contribution in [0.15, 0.2) is 30.3 Å². The van der Waals surface area contributed by atoms with E-state index in [1.54, 1.807) is 6.07 Å². The summed E-state index contributed by atoms with van der Waals surface area (Å²) in [5.41, 5.74) is 1.16. The number of nitrogens with one attached hydrogen (secondary N) is 1. The first kappa shape index (κ1) is 15.7. The van der Waals surface area contributed by atoms with Crippen molar-refractivity contribution in [2.45, 2.75) is 6.54 Å². The molecule has 8 nitrogen and oxygen atoms in total. The van der Waals surface area contributed by atoms with Gasteiger partial charge in [-0.15, -0.1) is 0 Å². The third kappa shape index (κ3) is 2.98. The van der Waals surface area contributed by atoms with Gasteiger partial charge in [0.25, 0.3) is 5.69 Å². The van der Waals surface area contributed by atoms with E-state index in [2.05, 4.69) is 5.32 Å². The zero-order chi connectivity index (χ0) is 17.1. The smallest absolute Gasteiger partial charge is 0.296 e. The number of nitro groups is 1. The second kappa shape index (κ2) is 6.53. The largest absolute Gasteiger partial charge is 0.493 e. The number of hydrogen-bond acceptors (Lipinski definition) is 7. The minimum Gasteiger partial charge on any atom is -0.493 e. The molecular formula is C16H16N2O6. The van der Waals surface area contributed by atoms with E-state index < -0.39 is 4.92 Å². The van der Waals surface area contributed by atoms with Crippen molar-refractivity contribution in [1.29, 1.82) is 0 Å². The molecule has 0 saturated heterocycles. The van der Waals surface area contributed by atoms with E-state index in [0.29, 0.717) is 35.2 Å². The van der Waals surface area contributed by atoms with Gasteiger partial charge in [0.05, 0.1) is 25.2 Å². The summed E-state index contributed by atoms with van der Waals surface area (Å²) in [4.78, 5) is 10.8. The molecule has 0 amide bonds. The molecule has 0 fully saturated rings. The third-order valence-corrected chi connectivity index (χ3v) is 3.62. The van der Waals surface area contributed by atoms with Gasteiger partial charge >= 0.3 is 0 Å². The summed E-state index contributed by atoms with van der Waals surface area (Å²) in [7, 11) is 2.91. The van der Waals surface area contributed by atoms with E-state index in [0.717, 1.165) is 5.56 Å². The van der Waals surface area contributed by atoms with Gasteiger partial charge in [0, 0.05) is 12.6 Å². The van der Waals surface area contributed by atoms with Crippen molar-refractivity contribution in [1.82, 2.24) is 0 Å². The second-order valence-electron chi connectivity index (χ2n) is 5.02. The van der Waals surface area contributed by atoms with Crippen LogP contribution in [0.25, 0.3) is 0 Å². The lowest BCUT2D eigenvalue weighted by atomic mass is 10.2. The highest BCUT2D eigenvalue weighted by atomic mass is 16.7. The first-order chi connectivity index (χ1) is 11.6. The topological polar surface area (TPSA) is 92.1 Å². The number of nitro benzene ring substituents is 1. The van der Waals surface area contributed by atoms with Crippen molar-refractivity contribution in [2.24, 2.45) is 0 Å². The Morgan fingerprint density at radius 2 is 1.83 bits per heavy atom. The Hall–Kier alpha value is -3.16. The van der Waals surface area contributed by atoms with Crippen molar-refractivity contribution >= 4 is 11.4 Å². The Bertz CT molecular complexity index is 777. The molecule has 0 unspecified atom stereocenters. The summed E-state index contributed by atoms with van der Waals surface area (Å²) in [6.45, 7) is 0.584. The first-order valence-electron chi connectivity index (χ1n) is 7.15. The van der Waals surface area contributed by atoms with Crippen LogP contribution in [0.4, 0.5) is 11.4 Å². The Morgan fingerprint density at radius 1 is 1.12 bits per heavy atom. The Morgan fingerprint density at radius 3 is 2.54 bits per heavy atom. The number of anilines is 1. The molecule has 0 aliphatic carbocycles. The molecule has 8 heteroatoms. The second-order valence-corrected chi connectivity index (χ2v) is 5.02. The maximum atomic E-state index is 11.3.